The lowest BCUT2D eigenvalue weighted by molar-refractivity contribution is 0.0469. The highest BCUT2D eigenvalue weighted by atomic mass is 19.1. The fourth-order valence-electron chi connectivity index (χ4n) is 1.95. The summed E-state index contributed by atoms with van der Waals surface area (Å²) in [4.78, 5) is 12.2. The number of aromatic nitrogens is 4. The standard InChI is InChI=1S/C15H11FN4O2/c16-13-7-3-1-5-11(13)9-22-15(21)12-6-2-4-8-14(12)20-10-17-18-19-20/h1-8,10H,9H2. The topological polar surface area (TPSA) is 69.9 Å². The summed E-state index contributed by atoms with van der Waals surface area (Å²) in [7, 11) is 0. The Balaban J connectivity index is 1.80. The van der Waals surface area contributed by atoms with Gasteiger partial charge in [-0.3, -0.25) is 0 Å². The molecule has 0 spiro atoms. The number of benzene rings is 2. The van der Waals surface area contributed by atoms with Crippen molar-refractivity contribution in [3.8, 4) is 5.69 Å². The second kappa shape index (κ2) is 6.13. The van der Waals surface area contributed by atoms with Crippen molar-refractivity contribution in [2.75, 3.05) is 0 Å². The van der Waals surface area contributed by atoms with Gasteiger partial charge in [-0.1, -0.05) is 30.3 Å². The average molecular weight is 298 g/mol. The smallest absolute Gasteiger partial charge is 0.340 e. The molecule has 0 fully saturated rings. The Hall–Kier alpha value is -3.09. The quantitative estimate of drug-likeness (QED) is 0.690. The maximum absolute atomic E-state index is 13.5. The number of ether oxygens (including phenoxy) is 1. The summed E-state index contributed by atoms with van der Waals surface area (Å²) in [6.07, 6.45) is 1.38. The molecular formula is C15H11FN4O2. The van der Waals surface area contributed by atoms with Crippen molar-refractivity contribution in [3.05, 3.63) is 71.8 Å². The molecular weight excluding hydrogens is 287 g/mol. The largest absolute Gasteiger partial charge is 0.457 e. The van der Waals surface area contributed by atoms with E-state index >= 15 is 0 Å². The molecule has 3 aromatic rings. The highest BCUT2D eigenvalue weighted by molar-refractivity contribution is 5.93. The van der Waals surface area contributed by atoms with E-state index in [2.05, 4.69) is 15.5 Å². The zero-order valence-electron chi connectivity index (χ0n) is 11.4. The van der Waals surface area contributed by atoms with Gasteiger partial charge in [-0.05, 0) is 28.6 Å². The minimum absolute atomic E-state index is 0.143. The molecule has 0 N–H and O–H groups in total. The molecule has 1 aromatic heterocycles. The van der Waals surface area contributed by atoms with Gasteiger partial charge in [-0.15, -0.1) is 5.10 Å². The first-order valence-corrected chi connectivity index (χ1v) is 6.48. The molecule has 0 radical (unpaired) electrons. The lowest BCUT2D eigenvalue weighted by Crippen LogP contribution is -2.10. The van der Waals surface area contributed by atoms with E-state index in [1.54, 1.807) is 42.5 Å². The summed E-state index contributed by atoms with van der Waals surface area (Å²) in [5.41, 5.74) is 1.10. The molecule has 0 saturated heterocycles. The van der Waals surface area contributed by atoms with Crippen molar-refractivity contribution >= 4 is 5.97 Å². The van der Waals surface area contributed by atoms with Crippen molar-refractivity contribution in [1.82, 2.24) is 20.2 Å². The molecule has 0 aliphatic heterocycles. The second-order valence-corrected chi connectivity index (χ2v) is 4.44. The lowest BCUT2D eigenvalue weighted by Gasteiger charge is -2.09. The molecule has 6 nitrogen and oxygen atoms in total. The van der Waals surface area contributed by atoms with Crippen molar-refractivity contribution in [2.24, 2.45) is 0 Å². The molecule has 110 valence electrons. The maximum atomic E-state index is 13.5. The summed E-state index contributed by atoms with van der Waals surface area (Å²) in [5.74, 6) is -0.988. The number of carbonyl (C=O) groups is 1. The van der Waals surface area contributed by atoms with Gasteiger partial charge < -0.3 is 4.74 Å². The van der Waals surface area contributed by atoms with Gasteiger partial charge in [-0.2, -0.15) is 4.68 Å². The van der Waals surface area contributed by atoms with Gasteiger partial charge in [0.25, 0.3) is 0 Å². The molecule has 7 heteroatoms. The number of esters is 1. The minimum atomic E-state index is -0.575. The molecule has 0 aliphatic rings. The van der Waals surface area contributed by atoms with E-state index < -0.39 is 11.8 Å². The highest BCUT2D eigenvalue weighted by Crippen LogP contribution is 2.15. The number of tetrazole rings is 1. The van der Waals surface area contributed by atoms with Gasteiger partial charge in [0.15, 0.2) is 0 Å². The molecule has 0 amide bonds. The number of nitrogens with zero attached hydrogens (tertiary/aromatic N) is 4. The van der Waals surface area contributed by atoms with Crippen LogP contribution in [-0.4, -0.2) is 26.2 Å². The molecule has 0 aliphatic carbocycles. The zero-order valence-corrected chi connectivity index (χ0v) is 11.4. The molecule has 2 aromatic carbocycles. The third-order valence-corrected chi connectivity index (χ3v) is 3.04. The van der Waals surface area contributed by atoms with Crippen LogP contribution in [0.25, 0.3) is 5.69 Å². The first kappa shape index (κ1) is 13.9. The Morgan fingerprint density at radius 3 is 2.68 bits per heavy atom. The first-order valence-electron chi connectivity index (χ1n) is 6.48. The fourth-order valence-corrected chi connectivity index (χ4v) is 1.95. The summed E-state index contributed by atoms with van der Waals surface area (Å²) in [6.45, 7) is -0.143. The van der Waals surface area contributed by atoms with E-state index in [1.807, 2.05) is 0 Å². The van der Waals surface area contributed by atoms with Crippen LogP contribution < -0.4 is 0 Å². The molecule has 0 unspecified atom stereocenters. The number of hydrogen-bond acceptors (Lipinski definition) is 5. The summed E-state index contributed by atoms with van der Waals surface area (Å²) >= 11 is 0. The second-order valence-electron chi connectivity index (χ2n) is 4.44. The molecule has 1 heterocycles. The monoisotopic (exact) mass is 298 g/mol. The van der Waals surface area contributed by atoms with E-state index in [9.17, 15) is 9.18 Å². The Labute approximate surface area is 125 Å². The molecule has 0 saturated carbocycles. The maximum Gasteiger partial charge on any atom is 0.340 e. The average Bonchev–Trinajstić information content (AvgIpc) is 3.08. The third-order valence-electron chi connectivity index (χ3n) is 3.04. The zero-order chi connectivity index (χ0) is 15.4. The van der Waals surface area contributed by atoms with Gasteiger partial charge in [0, 0.05) is 5.56 Å². The number of hydrogen-bond donors (Lipinski definition) is 0. The number of halogens is 1. The third kappa shape index (κ3) is 2.83. The fraction of sp³-hybridized carbons (Fsp3) is 0.0667. The van der Waals surface area contributed by atoms with Crippen LogP contribution in [-0.2, 0) is 11.3 Å². The van der Waals surface area contributed by atoms with Gasteiger partial charge in [0.2, 0.25) is 0 Å². The van der Waals surface area contributed by atoms with E-state index in [0.29, 0.717) is 16.8 Å². The predicted molar refractivity (Wildman–Crippen MR) is 74.7 cm³/mol. The van der Waals surface area contributed by atoms with E-state index in [1.165, 1.54) is 17.1 Å². The molecule has 0 bridgehead atoms. The lowest BCUT2D eigenvalue weighted by atomic mass is 10.2. The van der Waals surface area contributed by atoms with E-state index in [0.717, 1.165) is 0 Å². The van der Waals surface area contributed by atoms with Crippen LogP contribution in [0.3, 0.4) is 0 Å². The van der Waals surface area contributed by atoms with Gasteiger partial charge >= 0.3 is 5.97 Å². The van der Waals surface area contributed by atoms with Crippen molar-refractivity contribution in [1.29, 1.82) is 0 Å². The van der Waals surface area contributed by atoms with Gasteiger partial charge in [0.1, 0.15) is 18.8 Å². The van der Waals surface area contributed by atoms with Crippen LogP contribution in [0.2, 0.25) is 0 Å². The van der Waals surface area contributed by atoms with Crippen molar-refractivity contribution in [2.45, 2.75) is 6.61 Å². The Kier molecular flexibility index (Phi) is 3.86. The first-order chi connectivity index (χ1) is 10.8. The van der Waals surface area contributed by atoms with Crippen LogP contribution in [0, 0.1) is 5.82 Å². The summed E-state index contributed by atoms with van der Waals surface area (Å²) < 4.78 is 20.1. The molecule has 3 rings (SSSR count). The normalized spacial score (nSPS) is 10.4. The number of rotatable bonds is 4. The Morgan fingerprint density at radius 2 is 1.91 bits per heavy atom. The Bertz CT molecular complexity index is 790. The van der Waals surface area contributed by atoms with E-state index in [4.69, 9.17) is 4.74 Å². The van der Waals surface area contributed by atoms with Gasteiger partial charge in [-0.25, -0.2) is 9.18 Å². The SMILES string of the molecule is O=C(OCc1ccccc1F)c1ccccc1-n1cnnn1. The van der Waals surface area contributed by atoms with Crippen LogP contribution in [0.15, 0.2) is 54.9 Å². The predicted octanol–water partition coefficient (Wildman–Crippen LogP) is 2.16. The summed E-state index contributed by atoms with van der Waals surface area (Å²) in [5, 5.41) is 10.8. The van der Waals surface area contributed by atoms with Crippen LogP contribution in [0.4, 0.5) is 4.39 Å². The Morgan fingerprint density at radius 1 is 1.14 bits per heavy atom. The van der Waals surface area contributed by atoms with Crippen molar-refractivity contribution in [3.63, 3.8) is 0 Å². The van der Waals surface area contributed by atoms with Gasteiger partial charge in [0.05, 0.1) is 11.3 Å². The van der Waals surface area contributed by atoms with Crippen LogP contribution in [0.1, 0.15) is 15.9 Å². The number of para-hydroxylation sites is 1. The van der Waals surface area contributed by atoms with Crippen LogP contribution in [0.5, 0.6) is 0 Å². The van der Waals surface area contributed by atoms with Crippen LogP contribution >= 0.6 is 0 Å². The summed E-state index contributed by atoms with van der Waals surface area (Å²) in [6, 6.07) is 12.9. The minimum Gasteiger partial charge on any atom is -0.457 e. The number of carbonyl (C=O) groups excluding carboxylic acids is 1. The molecule has 0 atom stereocenters. The van der Waals surface area contributed by atoms with Crippen molar-refractivity contribution < 1.29 is 13.9 Å². The molecule has 22 heavy (non-hydrogen) atoms. The van der Waals surface area contributed by atoms with E-state index in [-0.39, 0.29) is 6.61 Å². The highest BCUT2D eigenvalue weighted by Gasteiger charge is 2.15.